The molecule has 0 bridgehead atoms. The van der Waals surface area contributed by atoms with Crippen LogP contribution in [-0.2, 0) is 10.0 Å². The lowest BCUT2D eigenvalue weighted by atomic mass is 10.1. The van der Waals surface area contributed by atoms with Crippen molar-refractivity contribution >= 4 is 21.6 Å². The molecule has 1 atom stereocenters. The minimum absolute atomic E-state index is 0.0221. The van der Waals surface area contributed by atoms with E-state index in [-0.39, 0.29) is 12.5 Å². The highest BCUT2D eigenvalue weighted by atomic mass is 35.5. The molecule has 0 aliphatic carbocycles. The molecule has 1 N–H and O–H groups in total. The zero-order valence-corrected chi connectivity index (χ0v) is 11.4. The van der Waals surface area contributed by atoms with Gasteiger partial charge in [-0.05, 0) is 30.5 Å². The Morgan fingerprint density at radius 3 is 2.67 bits per heavy atom. The predicted molar refractivity (Wildman–Crippen MR) is 66.0 cm³/mol. The zero-order valence-electron chi connectivity index (χ0n) is 9.79. The lowest BCUT2D eigenvalue weighted by Gasteiger charge is -2.12. The summed E-state index contributed by atoms with van der Waals surface area (Å²) in [5.41, 5.74) is 0. The van der Waals surface area contributed by atoms with Crippen molar-refractivity contribution in [1.29, 1.82) is 0 Å². The van der Waals surface area contributed by atoms with Crippen molar-refractivity contribution in [1.82, 2.24) is 4.72 Å². The van der Waals surface area contributed by atoms with Crippen LogP contribution in [0.15, 0.2) is 23.1 Å². The summed E-state index contributed by atoms with van der Waals surface area (Å²) in [4.78, 5) is -0.680. The third-order valence-corrected chi connectivity index (χ3v) is 4.06. The van der Waals surface area contributed by atoms with Crippen molar-refractivity contribution in [3.63, 3.8) is 0 Å². The van der Waals surface area contributed by atoms with Crippen molar-refractivity contribution in [3.05, 3.63) is 29.8 Å². The Balaban J connectivity index is 2.83. The van der Waals surface area contributed by atoms with Crippen LogP contribution >= 0.6 is 11.6 Å². The lowest BCUT2D eigenvalue weighted by molar-refractivity contribution is 0.519. The van der Waals surface area contributed by atoms with Crippen LogP contribution in [0.2, 0.25) is 0 Å². The van der Waals surface area contributed by atoms with Crippen molar-refractivity contribution in [3.8, 4) is 0 Å². The van der Waals surface area contributed by atoms with E-state index >= 15 is 0 Å². The molecule has 0 aliphatic heterocycles. The SMILES string of the molecule is CC(CCCl)CNS(=O)(=O)c1cc(F)ccc1F. The first-order valence-corrected chi connectivity index (χ1v) is 7.39. The number of benzene rings is 1. The fourth-order valence-corrected chi connectivity index (χ4v) is 2.93. The van der Waals surface area contributed by atoms with Gasteiger partial charge < -0.3 is 0 Å². The molecule has 0 saturated heterocycles. The first-order valence-electron chi connectivity index (χ1n) is 5.37. The van der Waals surface area contributed by atoms with Gasteiger partial charge >= 0.3 is 0 Å². The molecule has 1 aromatic rings. The first-order chi connectivity index (χ1) is 8.36. The second-order valence-corrected chi connectivity index (χ2v) is 6.12. The van der Waals surface area contributed by atoms with Crippen LogP contribution in [0.5, 0.6) is 0 Å². The van der Waals surface area contributed by atoms with Crippen LogP contribution in [0, 0.1) is 17.6 Å². The van der Waals surface area contributed by atoms with Gasteiger partial charge in [-0.2, -0.15) is 0 Å². The van der Waals surface area contributed by atoms with Gasteiger partial charge in [-0.3, -0.25) is 0 Å². The van der Waals surface area contributed by atoms with Gasteiger partial charge in [-0.1, -0.05) is 6.92 Å². The van der Waals surface area contributed by atoms with Gasteiger partial charge in [-0.15, -0.1) is 11.6 Å². The van der Waals surface area contributed by atoms with Gasteiger partial charge in [0.25, 0.3) is 0 Å². The number of halogens is 3. The number of sulfonamides is 1. The molecule has 0 heterocycles. The number of alkyl halides is 1. The highest BCUT2D eigenvalue weighted by Crippen LogP contribution is 2.16. The average molecular weight is 298 g/mol. The van der Waals surface area contributed by atoms with E-state index in [0.717, 1.165) is 12.1 Å². The van der Waals surface area contributed by atoms with Crippen LogP contribution in [0.1, 0.15) is 13.3 Å². The Labute approximate surface area is 110 Å². The molecule has 0 fully saturated rings. The zero-order chi connectivity index (χ0) is 13.8. The fraction of sp³-hybridized carbons (Fsp3) is 0.455. The van der Waals surface area contributed by atoms with E-state index in [2.05, 4.69) is 4.72 Å². The van der Waals surface area contributed by atoms with Crippen LogP contribution < -0.4 is 4.72 Å². The van der Waals surface area contributed by atoms with E-state index in [1.165, 1.54) is 0 Å². The minimum atomic E-state index is -4.03. The summed E-state index contributed by atoms with van der Waals surface area (Å²) in [7, 11) is -4.03. The Morgan fingerprint density at radius 1 is 1.39 bits per heavy atom. The largest absolute Gasteiger partial charge is 0.243 e. The van der Waals surface area contributed by atoms with E-state index in [1.807, 2.05) is 6.92 Å². The molecule has 18 heavy (non-hydrogen) atoms. The molecule has 1 unspecified atom stereocenters. The predicted octanol–water partition coefficient (Wildman–Crippen LogP) is 2.51. The Morgan fingerprint density at radius 2 is 2.06 bits per heavy atom. The molecular formula is C11H14ClF2NO2S. The molecule has 1 rings (SSSR count). The summed E-state index contributed by atoms with van der Waals surface area (Å²) in [6.07, 6.45) is 0.635. The van der Waals surface area contributed by atoms with Gasteiger partial charge in [0, 0.05) is 12.4 Å². The second-order valence-electron chi connectivity index (χ2n) is 4.01. The lowest BCUT2D eigenvalue weighted by Crippen LogP contribution is -2.29. The third kappa shape index (κ3) is 4.19. The summed E-state index contributed by atoms with van der Waals surface area (Å²) >= 11 is 5.52. The standard InChI is InChI=1S/C11H14ClF2NO2S/c1-8(4-5-12)7-15-18(16,17)11-6-9(13)2-3-10(11)14/h2-3,6,8,15H,4-5,7H2,1H3. The smallest absolute Gasteiger partial charge is 0.211 e. The average Bonchev–Trinajstić information content (AvgIpc) is 2.30. The van der Waals surface area contributed by atoms with Crippen LogP contribution in [0.25, 0.3) is 0 Å². The highest BCUT2D eigenvalue weighted by Gasteiger charge is 2.20. The number of hydrogen-bond donors (Lipinski definition) is 1. The fourth-order valence-electron chi connectivity index (χ4n) is 1.30. The summed E-state index contributed by atoms with van der Waals surface area (Å²) in [5, 5.41) is 0. The van der Waals surface area contributed by atoms with Crippen LogP contribution in [-0.4, -0.2) is 20.8 Å². The maximum atomic E-state index is 13.3. The Bertz CT molecular complexity index is 508. The molecule has 7 heteroatoms. The normalized spacial score (nSPS) is 13.6. The molecule has 1 aromatic carbocycles. The van der Waals surface area contributed by atoms with E-state index < -0.39 is 26.6 Å². The third-order valence-electron chi connectivity index (χ3n) is 2.41. The maximum absolute atomic E-state index is 13.3. The van der Waals surface area contributed by atoms with E-state index in [1.54, 1.807) is 0 Å². The molecular weight excluding hydrogens is 284 g/mol. The van der Waals surface area contributed by atoms with Gasteiger partial charge in [0.2, 0.25) is 10.0 Å². The van der Waals surface area contributed by atoms with Gasteiger partial charge in [0.05, 0.1) is 0 Å². The van der Waals surface area contributed by atoms with Crippen LogP contribution in [0.4, 0.5) is 8.78 Å². The van der Waals surface area contributed by atoms with E-state index in [4.69, 9.17) is 11.6 Å². The van der Waals surface area contributed by atoms with E-state index in [9.17, 15) is 17.2 Å². The summed E-state index contributed by atoms with van der Waals surface area (Å²) in [5.74, 6) is -1.34. The van der Waals surface area contributed by atoms with Gasteiger partial charge in [0.1, 0.15) is 16.5 Å². The molecule has 3 nitrogen and oxygen atoms in total. The topological polar surface area (TPSA) is 46.2 Å². The molecule has 0 amide bonds. The molecule has 0 aromatic heterocycles. The van der Waals surface area contributed by atoms with Gasteiger partial charge in [-0.25, -0.2) is 21.9 Å². The van der Waals surface area contributed by atoms with Crippen molar-refractivity contribution in [2.75, 3.05) is 12.4 Å². The highest BCUT2D eigenvalue weighted by molar-refractivity contribution is 7.89. The molecule has 102 valence electrons. The van der Waals surface area contributed by atoms with E-state index in [0.29, 0.717) is 18.4 Å². The number of hydrogen-bond acceptors (Lipinski definition) is 2. The van der Waals surface area contributed by atoms with Crippen molar-refractivity contribution < 1.29 is 17.2 Å². The number of rotatable bonds is 6. The molecule has 0 spiro atoms. The summed E-state index contributed by atoms with van der Waals surface area (Å²) in [6, 6.07) is 2.31. The Kier molecular flexibility index (Phi) is 5.49. The Hall–Kier alpha value is -0.720. The van der Waals surface area contributed by atoms with Gasteiger partial charge in [0.15, 0.2) is 0 Å². The molecule has 0 radical (unpaired) electrons. The monoisotopic (exact) mass is 297 g/mol. The van der Waals surface area contributed by atoms with Crippen LogP contribution in [0.3, 0.4) is 0 Å². The van der Waals surface area contributed by atoms with Crippen molar-refractivity contribution in [2.45, 2.75) is 18.2 Å². The quantitative estimate of drug-likeness (QED) is 0.820. The van der Waals surface area contributed by atoms with Crippen molar-refractivity contribution in [2.24, 2.45) is 5.92 Å². The molecule has 0 aliphatic rings. The second kappa shape index (κ2) is 6.45. The number of nitrogens with one attached hydrogen (secondary N) is 1. The first kappa shape index (κ1) is 15.3. The summed E-state index contributed by atoms with van der Waals surface area (Å²) in [6.45, 7) is 1.94. The molecule has 0 saturated carbocycles. The summed E-state index contributed by atoms with van der Waals surface area (Å²) < 4.78 is 52.0. The maximum Gasteiger partial charge on any atom is 0.243 e. The minimum Gasteiger partial charge on any atom is -0.211 e.